The van der Waals surface area contributed by atoms with Crippen LogP contribution in [0.5, 0.6) is 5.75 Å². The number of anilines is 1. The normalized spacial score (nSPS) is 10.9. The van der Waals surface area contributed by atoms with Crippen molar-refractivity contribution in [3.8, 4) is 5.75 Å². The molecule has 0 spiro atoms. The van der Waals surface area contributed by atoms with E-state index in [1.54, 1.807) is 20.8 Å². The zero-order valence-electron chi connectivity index (χ0n) is 11.4. The molecule has 0 aliphatic rings. The van der Waals surface area contributed by atoms with Gasteiger partial charge in [-0.3, -0.25) is 0 Å². The van der Waals surface area contributed by atoms with Gasteiger partial charge in [0.25, 0.3) is 0 Å². The number of benzene rings is 1. The number of ether oxygens (including phenoxy) is 2. The quantitative estimate of drug-likeness (QED) is 0.790. The lowest BCUT2D eigenvalue weighted by atomic mass is 10.1. The maximum Gasteiger partial charge on any atom is 0.331 e. The summed E-state index contributed by atoms with van der Waals surface area (Å²) in [7, 11) is 0. The van der Waals surface area contributed by atoms with Crippen molar-refractivity contribution < 1.29 is 14.3 Å². The molecule has 1 aromatic carbocycles. The number of hydrogen-bond donors (Lipinski definition) is 1. The van der Waals surface area contributed by atoms with Crippen molar-refractivity contribution in [2.75, 3.05) is 18.5 Å². The van der Waals surface area contributed by atoms with E-state index in [2.05, 4.69) is 5.32 Å². The van der Waals surface area contributed by atoms with Crippen LogP contribution in [0, 0.1) is 0 Å². The minimum Gasteiger partial charge on any atom is -0.494 e. The zero-order valence-corrected chi connectivity index (χ0v) is 11.4. The molecule has 0 amide bonds. The van der Waals surface area contributed by atoms with Crippen molar-refractivity contribution in [2.45, 2.75) is 33.2 Å². The molecule has 0 bridgehead atoms. The molecule has 0 aromatic heterocycles. The van der Waals surface area contributed by atoms with Gasteiger partial charge in [-0.25, -0.2) is 4.79 Å². The SMILES string of the molecule is CCOC(=O)C(C)(C)Nc1ccc(OCC)cc1. The average molecular weight is 251 g/mol. The summed E-state index contributed by atoms with van der Waals surface area (Å²) in [6.07, 6.45) is 0. The van der Waals surface area contributed by atoms with Gasteiger partial charge in [0.05, 0.1) is 13.2 Å². The fourth-order valence-corrected chi connectivity index (χ4v) is 1.52. The summed E-state index contributed by atoms with van der Waals surface area (Å²) < 4.78 is 10.4. The van der Waals surface area contributed by atoms with Crippen molar-refractivity contribution in [3.63, 3.8) is 0 Å². The van der Waals surface area contributed by atoms with Crippen LogP contribution in [-0.4, -0.2) is 24.7 Å². The Morgan fingerprint density at radius 2 is 1.78 bits per heavy atom. The van der Waals surface area contributed by atoms with Crippen molar-refractivity contribution in [1.29, 1.82) is 0 Å². The molecule has 0 atom stereocenters. The Bertz CT molecular complexity index is 385. The van der Waals surface area contributed by atoms with Crippen LogP contribution in [-0.2, 0) is 9.53 Å². The predicted octanol–water partition coefficient (Wildman–Crippen LogP) is 2.84. The maximum absolute atomic E-state index is 11.7. The molecule has 4 nitrogen and oxygen atoms in total. The van der Waals surface area contributed by atoms with Gasteiger partial charge in [0.1, 0.15) is 11.3 Å². The highest BCUT2D eigenvalue weighted by atomic mass is 16.5. The van der Waals surface area contributed by atoms with E-state index in [9.17, 15) is 4.79 Å². The molecule has 0 heterocycles. The van der Waals surface area contributed by atoms with E-state index >= 15 is 0 Å². The topological polar surface area (TPSA) is 47.6 Å². The first-order valence-corrected chi connectivity index (χ1v) is 6.18. The Balaban J connectivity index is 2.68. The first-order valence-electron chi connectivity index (χ1n) is 6.18. The monoisotopic (exact) mass is 251 g/mol. The summed E-state index contributed by atoms with van der Waals surface area (Å²) in [5.41, 5.74) is 0.111. The van der Waals surface area contributed by atoms with E-state index in [0.29, 0.717) is 13.2 Å². The first kappa shape index (κ1) is 14.4. The summed E-state index contributed by atoms with van der Waals surface area (Å²) in [6, 6.07) is 7.50. The molecule has 100 valence electrons. The van der Waals surface area contributed by atoms with Crippen molar-refractivity contribution >= 4 is 11.7 Å². The molecule has 0 radical (unpaired) electrons. The fourth-order valence-electron chi connectivity index (χ4n) is 1.52. The molecular formula is C14H21NO3. The van der Waals surface area contributed by atoms with Crippen molar-refractivity contribution in [2.24, 2.45) is 0 Å². The Kier molecular flexibility index (Phi) is 5.01. The Morgan fingerprint density at radius 3 is 2.28 bits per heavy atom. The summed E-state index contributed by atoms with van der Waals surface area (Å²) >= 11 is 0. The van der Waals surface area contributed by atoms with E-state index in [-0.39, 0.29) is 5.97 Å². The van der Waals surface area contributed by atoms with Crippen LogP contribution in [0.1, 0.15) is 27.7 Å². The molecular weight excluding hydrogens is 230 g/mol. The molecule has 0 unspecified atom stereocenters. The second-order valence-electron chi connectivity index (χ2n) is 4.43. The molecule has 0 aliphatic heterocycles. The third-order valence-electron chi connectivity index (χ3n) is 2.41. The average Bonchev–Trinajstić information content (AvgIpc) is 2.32. The number of esters is 1. The van der Waals surface area contributed by atoms with Crippen LogP contribution in [0.2, 0.25) is 0 Å². The Labute approximate surface area is 108 Å². The second kappa shape index (κ2) is 6.28. The molecule has 0 aliphatic carbocycles. The Morgan fingerprint density at radius 1 is 1.17 bits per heavy atom. The van der Waals surface area contributed by atoms with Gasteiger partial charge in [-0.15, -0.1) is 0 Å². The molecule has 0 saturated carbocycles. The van der Waals surface area contributed by atoms with Crippen molar-refractivity contribution in [3.05, 3.63) is 24.3 Å². The number of hydrogen-bond acceptors (Lipinski definition) is 4. The maximum atomic E-state index is 11.7. The van der Waals surface area contributed by atoms with Gasteiger partial charge in [0.15, 0.2) is 0 Å². The van der Waals surface area contributed by atoms with E-state index in [1.807, 2.05) is 31.2 Å². The standard InChI is InChI=1S/C14H21NO3/c1-5-17-12-9-7-11(8-10-12)15-14(3,4)13(16)18-6-2/h7-10,15H,5-6H2,1-4H3. The Hall–Kier alpha value is -1.71. The lowest BCUT2D eigenvalue weighted by Gasteiger charge is -2.25. The van der Waals surface area contributed by atoms with Gasteiger partial charge in [0, 0.05) is 5.69 Å². The van der Waals surface area contributed by atoms with Gasteiger partial charge in [-0.05, 0) is 52.0 Å². The molecule has 0 saturated heterocycles. The number of nitrogens with one attached hydrogen (secondary N) is 1. The first-order chi connectivity index (χ1) is 8.49. The van der Waals surface area contributed by atoms with E-state index in [4.69, 9.17) is 9.47 Å². The van der Waals surface area contributed by atoms with Crippen LogP contribution in [0.25, 0.3) is 0 Å². The minimum absolute atomic E-state index is 0.265. The summed E-state index contributed by atoms with van der Waals surface area (Å²) in [6.45, 7) is 8.35. The molecule has 4 heteroatoms. The molecule has 1 rings (SSSR count). The molecule has 18 heavy (non-hydrogen) atoms. The summed E-state index contributed by atoms with van der Waals surface area (Å²) in [5.74, 6) is 0.552. The smallest absolute Gasteiger partial charge is 0.331 e. The molecule has 1 aromatic rings. The largest absolute Gasteiger partial charge is 0.494 e. The second-order valence-corrected chi connectivity index (χ2v) is 4.43. The van der Waals surface area contributed by atoms with Gasteiger partial charge in [-0.1, -0.05) is 0 Å². The highest BCUT2D eigenvalue weighted by molar-refractivity contribution is 5.83. The summed E-state index contributed by atoms with van der Waals surface area (Å²) in [5, 5.41) is 3.14. The van der Waals surface area contributed by atoms with Gasteiger partial charge < -0.3 is 14.8 Å². The highest BCUT2D eigenvalue weighted by Crippen LogP contribution is 2.20. The molecule has 1 N–H and O–H groups in total. The van der Waals surface area contributed by atoms with Crippen LogP contribution in [0.4, 0.5) is 5.69 Å². The summed E-state index contributed by atoms with van der Waals surface area (Å²) in [4.78, 5) is 11.7. The minimum atomic E-state index is -0.747. The molecule has 0 fully saturated rings. The van der Waals surface area contributed by atoms with Crippen LogP contribution < -0.4 is 10.1 Å². The highest BCUT2D eigenvalue weighted by Gasteiger charge is 2.28. The van der Waals surface area contributed by atoms with Crippen LogP contribution in [0.3, 0.4) is 0 Å². The van der Waals surface area contributed by atoms with E-state index < -0.39 is 5.54 Å². The number of rotatable bonds is 6. The fraction of sp³-hybridized carbons (Fsp3) is 0.500. The van der Waals surface area contributed by atoms with Crippen LogP contribution >= 0.6 is 0 Å². The third kappa shape index (κ3) is 3.95. The third-order valence-corrected chi connectivity index (χ3v) is 2.41. The van der Waals surface area contributed by atoms with Gasteiger partial charge in [-0.2, -0.15) is 0 Å². The van der Waals surface area contributed by atoms with Gasteiger partial charge in [0.2, 0.25) is 0 Å². The lowest BCUT2D eigenvalue weighted by Crippen LogP contribution is -2.41. The lowest BCUT2D eigenvalue weighted by molar-refractivity contribution is -0.147. The van der Waals surface area contributed by atoms with Crippen LogP contribution in [0.15, 0.2) is 24.3 Å². The van der Waals surface area contributed by atoms with Gasteiger partial charge >= 0.3 is 5.97 Å². The number of carbonyl (C=O) groups excluding carboxylic acids is 1. The zero-order chi connectivity index (χ0) is 13.6. The van der Waals surface area contributed by atoms with E-state index in [1.165, 1.54) is 0 Å². The van der Waals surface area contributed by atoms with Crippen molar-refractivity contribution in [1.82, 2.24) is 0 Å². The predicted molar refractivity (Wildman–Crippen MR) is 71.9 cm³/mol. The van der Waals surface area contributed by atoms with E-state index in [0.717, 1.165) is 11.4 Å². The number of carbonyl (C=O) groups is 1.